The molecule has 2 aromatic heterocycles. The molecule has 4 aromatic rings. The maximum absolute atomic E-state index is 13.7. The van der Waals surface area contributed by atoms with Gasteiger partial charge in [0.1, 0.15) is 0 Å². The normalized spacial score (nSPS) is 15.2. The molecule has 0 N–H and O–H groups in total. The van der Waals surface area contributed by atoms with Crippen LogP contribution in [0.2, 0.25) is 0 Å². The molecule has 0 saturated carbocycles. The van der Waals surface area contributed by atoms with Crippen LogP contribution in [0.4, 0.5) is 0 Å². The lowest BCUT2D eigenvalue weighted by Gasteiger charge is -2.21. The smallest absolute Gasteiger partial charge is 0.276 e. The maximum Gasteiger partial charge on any atom is 0.276 e. The van der Waals surface area contributed by atoms with Crippen molar-refractivity contribution in [2.24, 2.45) is 12.1 Å². The third-order valence-corrected chi connectivity index (χ3v) is 6.56. The van der Waals surface area contributed by atoms with Gasteiger partial charge in [0, 0.05) is 53.6 Å². The number of hydrazone groups is 1. The number of hydrogen-bond acceptors (Lipinski definition) is 6. The zero-order chi connectivity index (χ0) is 25.4. The molecule has 1 aliphatic heterocycles. The first-order valence-corrected chi connectivity index (χ1v) is 11.6. The molecule has 0 radical (unpaired) electrons. The Hall–Kier alpha value is -4.33. The molecule has 1 unspecified atom stereocenters. The van der Waals surface area contributed by atoms with Crippen molar-refractivity contribution >= 4 is 22.5 Å². The van der Waals surface area contributed by atoms with Gasteiger partial charge in [-0.1, -0.05) is 18.2 Å². The molecule has 5 rings (SSSR count). The zero-order valence-corrected chi connectivity index (χ0v) is 21.0. The van der Waals surface area contributed by atoms with Gasteiger partial charge in [-0.3, -0.25) is 9.78 Å². The van der Waals surface area contributed by atoms with E-state index in [1.165, 1.54) is 0 Å². The molecule has 1 aliphatic rings. The van der Waals surface area contributed by atoms with E-state index in [4.69, 9.17) is 19.3 Å². The summed E-state index contributed by atoms with van der Waals surface area (Å²) in [4.78, 5) is 18.0. The van der Waals surface area contributed by atoms with Gasteiger partial charge in [0.15, 0.2) is 11.5 Å². The minimum absolute atomic E-state index is 0.206. The summed E-state index contributed by atoms with van der Waals surface area (Å²) in [6.07, 6.45) is 4.21. The number of rotatable bonds is 6. The number of ether oxygens (including phenoxy) is 3. The van der Waals surface area contributed by atoms with Crippen molar-refractivity contribution in [2.75, 3.05) is 21.3 Å². The second-order valence-electron chi connectivity index (χ2n) is 8.73. The topological polar surface area (TPSA) is 78.2 Å². The molecule has 3 heterocycles. The van der Waals surface area contributed by atoms with Crippen LogP contribution in [0.3, 0.4) is 0 Å². The molecule has 0 fully saturated rings. The summed E-state index contributed by atoms with van der Waals surface area (Å²) in [5, 5.41) is 7.51. The molecule has 8 nitrogen and oxygen atoms in total. The van der Waals surface area contributed by atoms with E-state index in [2.05, 4.69) is 27.9 Å². The molecular formula is C28H28N4O4. The van der Waals surface area contributed by atoms with Crippen molar-refractivity contribution in [1.29, 1.82) is 0 Å². The van der Waals surface area contributed by atoms with E-state index in [9.17, 15) is 4.79 Å². The summed E-state index contributed by atoms with van der Waals surface area (Å²) in [6, 6.07) is 15.2. The van der Waals surface area contributed by atoms with Crippen LogP contribution in [0.25, 0.3) is 10.9 Å². The van der Waals surface area contributed by atoms with Crippen LogP contribution >= 0.6 is 0 Å². The van der Waals surface area contributed by atoms with Crippen molar-refractivity contribution in [3.8, 4) is 17.2 Å². The maximum atomic E-state index is 13.7. The van der Waals surface area contributed by atoms with Gasteiger partial charge in [-0.25, -0.2) is 5.01 Å². The largest absolute Gasteiger partial charge is 0.493 e. The zero-order valence-electron chi connectivity index (χ0n) is 21.0. The van der Waals surface area contributed by atoms with Crippen molar-refractivity contribution < 1.29 is 19.0 Å². The van der Waals surface area contributed by atoms with E-state index in [1.54, 1.807) is 38.6 Å². The number of carbonyl (C=O) groups excluding carboxylic acids is 1. The second kappa shape index (κ2) is 9.37. The third kappa shape index (κ3) is 3.94. The SMILES string of the molecule is COc1cc(C2=NN(C(=O)c3ccc(C)nc3)C(c3cn(C)c4ccccc34)C2)cc(OC)c1OC. The van der Waals surface area contributed by atoms with E-state index in [0.717, 1.165) is 33.4 Å². The number of pyridine rings is 1. The molecule has 0 aliphatic carbocycles. The van der Waals surface area contributed by atoms with Crippen LogP contribution in [0.15, 0.2) is 66.0 Å². The lowest BCUT2D eigenvalue weighted by Crippen LogP contribution is -2.27. The molecule has 1 atom stereocenters. The molecule has 184 valence electrons. The number of nitrogens with zero attached hydrogens (tertiary/aromatic N) is 4. The second-order valence-corrected chi connectivity index (χ2v) is 8.73. The lowest BCUT2D eigenvalue weighted by atomic mass is 9.97. The van der Waals surface area contributed by atoms with Gasteiger partial charge in [0.25, 0.3) is 5.91 Å². The predicted molar refractivity (Wildman–Crippen MR) is 138 cm³/mol. The summed E-state index contributed by atoms with van der Waals surface area (Å²) in [6.45, 7) is 1.89. The lowest BCUT2D eigenvalue weighted by molar-refractivity contribution is 0.0711. The van der Waals surface area contributed by atoms with E-state index in [-0.39, 0.29) is 11.9 Å². The predicted octanol–water partition coefficient (Wildman–Crippen LogP) is 4.90. The fourth-order valence-corrected chi connectivity index (χ4v) is 4.73. The fraction of sp³-hybridized carbons (Fsp3) is 0.250. The van der Waals surface area contributed by atoms with Crippen molar-refractivity contribution in [2.45, 2.75) is 19.4 Å². The standard InChI is InChI=1S/C28H28N4O4/c1-17-10-11-18(15-29-17)28(33)32-24(21-16-31(2)23-9-7-6-8-20(21)23)14-22(30-32)19-12-25(34-3)27(36-5)26(13-19)35-4/h6-13,15-16,24H,14H2,1-5H3. The minimum atomic E-state index is -0.293. The summed E-state index contributed by atoms with van der Waals surface area (Å²) >= 11 is 0. The Morgan fingerprint density at radius 1 is 1.00 bits per heavy atom. The monoisotopic (exact) mass is 484 g/mol. The van der Waals surface area contributed by atoms with Crippen LogP contribution in [0, 0.1) is 6.92 Å². The van der Waals surface area contributed by atoms with Crippen LogP contribution < -0.4 is 14.2 Å². The number of para-hydroxylation sites is 1. The quantitative estimate of drug-likeness (QED) is 0.389. The number of hydrogen-bond donors (Lipinski definition) is 0. The Bertz CT molecular complexity index is 1450. The van der Waals surface area contributed by atoms with E-state index in [0.29, 0.717) is 29.2 Å². The highest BCUT2D eigenvalue weighted by Crippen LogP contribution is 2.42. The summed E-state index contributed by atoms with van der Waals surface area (Å²) in [5.74, 6) is 1.36. The number of aromatic nitrogens is 2. The van der Waals surface area contributed by atoms with Gasteiger partial charge in [0.2, 0.25) is 5.75 Å². The Morgan fingerprint density at radius 3 is 2.36 bits per heavy atom. The van der Waals surface area contributed by atoms with Gasteiger partial charge in [-0.15, -0.1) is 0 Å². The Kier molecular flexibility index (Phi) is 6.10. The van der Waals surface area contributed by atoms with Gasteiger partial charge in [0.05, 0.1) is 38.6 Å². The summed E-state index contributed by atoms with van der Waals surface area (Å²) in [7, 11) is 6.74. The first-order chi connectivity index (χ1) is 17.4. The highest BCUT2D eigenvalue weighted by atomic mass is 16.5. The number of aryl methyl sites for hydroxylation is 2. The highest BCUT2D eigenvalue weighted by molar-refractivity contribution is 6.06. The summed E-state index contributed by atoms with van der Waals surface area (Å²) in [5.41, 5.74) is 5.01. The van der Waals surface area contributed by atoms with Gasteiger partial charge in [-0.2, -0.15) is 5.10 Å². The van der Waals surface area contributed by atoms with Crippen molar-refractivity contribution in [3.05, 3.63) is 83.3 Å². The van der Waals surface area contributed by atoms with Gasteiger partial charge >= 0.3 is 0 Å². The molecule has 1 amide bonds. The average Bonchev–Trinajstić information content (AvgIpc) is 3.49. The van der Waals surface area contributed by atoms with Crippen molar-refractivity contribution in [1.82, 2.24) is 14.6 Å². The first-order valence-electron chi connectivity index (χ1n) is 11.6. The number of methoxy groups -OCH3 is 3. The first kappa shape index (κ1) is 23.4. The molecule has 0 bridgehead atoms. The Balaban J connectivity index is 1.63. The molecule has 2 aromatic carbocycles. The van der Waals surface area contributed by atoms with E-state index < -0.39 is 0 Å². The van der Waals surface area contributed by atoms with Crippen LogP contribution in [0.1, 0.15) is 39.6 Å². The van der Waals surface area contributed by atoms with Crippen molar-refractivity contribution in [3.63, 3.8) is 0 Å². The Morgan fingerprint density at radius 2 is 1.72 bits per heavy atom. The van der Waals surface area contributed by atoms with Gasteiger partial charge < -0.3 is 18.8 Å². The van der Waals surface area contributed by atoms with E-state index in [1.807, 2.05) is 44.3 Å². The van der Waals surface area contributed by atoms with E-state index >= 15 is 0 Å². The average molecular weight is 485 g/mol. The minimum Gasteiger partial charge on any atom is -0.493 e. The van der Waals surface area contributed by atoms with Crippen LogP contribution in [0.5, 0.6) is 17.2 Å². The number of amides is 1. The van der Waals surface area contributed by atoms with Crippen LogP contribution in [-0.2, 0) is 7.05 Å². The van der Waals surface area contributed by atoms with Crippen LogP contribution in [-0.4, -0.2) is 47.5 Å². The highest BCUT2D eigenvalue weighted by Gasteiger charge is 2.36. The molecule has 0 spiro atoms. The molecule has 36 heavy (non-hydrogen) atoms. The number of fused-ring (bicyclic) bond motifs is 1. The summed E-state index contributed by atoms with van der Waals surface area (Å²) < 4.78 is 18.7. The molecule has 0 saturated heterocycles. The number of benzene rings is 2. The third-order valence-electron chi connectivity index (χ3n) is 6.56. The molecule has 8 heteroatoms. The molecular weight excluding hydrogens is 456 g/mol. The number of carbonyl (C=O) groups is 1. The fourth-order valence-electron chi connectivity index (χ4n) is 4.73. The van der Waals surface area contributed by atoms with Gasteiger partial charge in [-0.05, 0) is 37.3 Å². The Labute approximate surface area is 209 Å².